The van der Waals surface area contributed by atoms with Gasteiger partial charge in [0, 0.05) is 27.7 Å². The van der Waals surface area contributed by atoms with Crippen molar-refractivity contribution in [2.75, 3.05) is 32.0 Å². The van der Waals surface area contributed by atoms with Crippen molar-refractivity contribution in [3.63, 3.8) is 0 Å². The van der Waals surface area contributed by atoms with Crippen LogP contribution in [0, 0.1) is 12.7 Å². The van der Waals surface area contributed by atoms with E-state index in [4.69, 9.17) is 0 Å². The Morgan fingerprint density at radius 3 is 2.22 bits per heavy atom. The van der Waals surface area contributed by atoms with Crippen LogP contribution in [0.4, 0.5) is 10.1 Å². The highest BCUT2D eigenvalue weighted by Crippen LogP contribution is 2.24. The zero-order valence-corrected chi connectivity index (χ0v) is 19.7. The molecule has 2 rings (SSSR count). The number of para-hydroxylation sites is 1. The zero-order chi connectivity index (χ0) is 24.1. The first-order chi connectivity index (χ1) is 15.0. The number of likely N-dealkylation sites (N-methyl/N-ethyl adjacent to an activating group) is 1. The molecular weight excluding hydrogens is 435 g/mol. The van der Waals surface area contributed by atoms with E-state index in [1.807, 2.05) is 31.2 Å². The molecule has 0 aromatic heterocycles. The molecule has 1 N–H and O–H groups in total. The van der Waals surface area contributed by atoms with Crippen LogP contribution in [0.15, 0.2) is 48.5 Å². The minimum absolute atomic E-state index is 0.0905. The van der Waals surface area contributed by atoms with Gasteiger partial charge in [-0.15, -0.1) is 0 Å². The van der Waals surface area contributed by atoms with Crippen LogP contribution in [0.5, 0.6) is 0 Å². The third kappa shape index (κ3) is 5.63. The number of aryl methyl sites for hydroxylation is 1. The summed E-state index contributed by atoms with van der Waals surface area (Å²) in [5, 5.41) is 2.51. The van der Waals surface area contributed by atoms with Crippen LogP contribution in [-0.2, 0) is 26.3 Å². The standard InChI is InChI=1S/C22H29FN4O4S/c1-16-10-6-7-11-18(16)14-26(17(2)22(29)24-3)21(28)15-27(32(30,31)25(4)5)20-13-9-8-12-19(20)23/h6-13,17H,14-15H2,1-5H3,(H,24,29)/t17-/m0/s1. The van der Waals surface area contributed by atoms with Crippen molar-refractivity contribution in [2.24, 2.45) is 0 Å². The molecule has 0 heterocycles. The molecule has 10 heteroatoms. The lowest BCUT2D eigenvalue weighted by Gasteiger charge is -2.33. The van der Waals surface area contributed by atoms with Gasteiger partial charge < -0.3 is 10.2 Å². The van der Waals surface area contributed by atoms with E-state index in [0.29, 0.717) is 4.31 Å². The van der Waals surface area contributed by atoms with Crippen molar-refractivity contribution >= 4 is 27.7 Å². The molecule has 0 aliphatic carbocycles. The molecule has 0 saturated heterocycles. The fourth-order valence-electron chi connectivity index (χ4n) is 3.12. The highest BCUT2D eigenvalue weighted by atomic mass is 32.2. The lowest BCUT2D eigenvalue weighted by molar-refractivity contribution is -0.139. The van der Waals surface area contributed by atoms with E-state index in [1.165, 1.54) is 44.2 Å². The normalized spacial score (nSPS) is 12.3. The van der Waals surface area contributed by atoms with Crippen LogP contribution in [0.2, 0.25) is 0 Å². The molecule has 32 heavy (non-hydrogen) atoms. The Morgan fingerprint density at radius 1 is 1.06 bits per heavy atom. The van der Waals surface area contributed by atoms with Crippen LogP contribution in [-0.4, -0.2) is 63.2 Å². The average molecular weight is 465 g/mol. The van der Waals surface area contributed by atoms with Gasteiger partial charge in [-0.1, -0.05) is 36.4 Å². The summed E-state index contributed by atoms with van der Waals surface area (Å²) in [5.74, 6) is -1.83. The van der Waals surface area contributed by atoms with E-state index in [1.54, 1.807) is 6.92 Å². The van der Waals surface area contributed by atoms with Crippen molar-refractivity contribution in [1.29, 1.82) is 0 Å². The first kappa shape index (κ1) is 25.3. The summed E-state index contributed by atoms with van der Waals surface area (Å²) in [4.78, 5) is 27.0. The first-order valence-electron chi connectivity index (χ1n) is 10.0. The molecule has 0 unspecified atom stereocenters. The van der Waals surface area contributed by atoms with Crippen LogP contribution in [0.25, 0.3) is 0 Å². The minimum Gasteiger partial charge on any atom is -0.357 e. The number of halogens is 1. The Morgan fingerprint density at radius 2 is 1.66 bits per heavy atom. The lowest BCUT2D eigenvalue weighted by Crippen LogP contribution is -2.52. The first-order valence-corrected chi connectivity index (χ1v) is 11.4. The van der Waals surface area contributed by atoms with Gasteiger partial charge >= 0.3 is 10.2 Å². The number of hydrogen-bond donors (Lipinski definition) is 1. The fraction of sp³-hybridized carbons (Fsp3) is 0.364. The molecule has 2 aromatic rings. The Labute approximate surface area is 188 Å². The second-order valence-corrected chi connectivity index (χ2v) is 9.55. The molecule has 0 aliphatic rings. The van der Waals surface area contributed by atoms with E-state index in [-0.39, 0.29) is 12.2 Å². The molecule has 0 fully saturated rings. The maximum Gasteiger partial charge on any atom is 0.304 e. The van der Waals surface area contributed by atoms with E-state index in [9.17, 15) is 22.4 Å². The van der Waals surface area contributed by atoms with Crippen molar-refractivity contribution in [3.8, 4) is 0 Å². The number of benzene rings is 2. The highest BCUT2D eigenvalue weighted by molar-refractivity contribution is 7.90. The van der Waals surface area contributed by atoms with E-state index in [0.717, 1.165) is 21.5 Å². The van der Waals surface area contributed by atoms with Gasteiger partial charge in [-0.25, -0.2) is 8.70 Å². The maximum atomic E-state index is 14.5. The largest absolute Gasteiger partial charge is 0.357 e. The summed E-state index contributed by atoms with van der Waals surface area (Å²) in [5.41, 5.74) is 1.48. The topological polar surface area (TPSA) is 90.0 Å². The molecule has 8 nitrogen and oxygen atoms in total. The zero-order valence-electron chi connectivity index (χ0n) is 18.9. The van der Waals surface area contributed by atoms with Crippen LogP contribution >= 0.6 is 0 Å². The van der Waals surface area contributed by atoms with Gasteiger partial charge in [-0.3, -0.25) is 9.59 Å². The van der Waals surface area contributed by atoms with E-state index < -0.39 is 40.4 Å². The van der Waals surface area contributed by atoms with Gasteiger partial charge in [-0.05, 0) is 37.1 Å². The third-order valence-electron chi connectivity index (χ3n) is 5.16. The molecule has 0 saturated carbocycles. The van der Waals surface area contributed by atoms with Crippen LogP contribution in [0.1, 0.15) is 18.1 Å². The number of carbonyl (C=O) groups excluding carboxylic acids is 2. The molecule has 0 aliphatic heterocycles. The molecular formula is C22H29FN4O4S. The molecule has 2 amide bonds. The van der Waals surface area contributed by atoms with Crippen molar-refractivity contribution in [3.05, 3.63) is 65.5 Å². The number of amides is 2. The number of hydrogen-bond acceptors (Lipinski definition) is 4. The van der Waals surface area contributed by atoms with Gasteiger partial charge in [0.1, 0.15) is 18.4 Å². The minimum atomic E-state index is -4.20. The monoisotopic (exact) mass is 464 g/mol. The Balaban J connectivity index is 2.48. The molecule has 1 atom stereocenters. The smallest absolute Gasteiger partial charge is 0.304 e. The summed E-state index contributed by atoms with van der Waals surface area (Å²) in [7, 11) is -0.146. The molecule has 0 bridgehead atoms. The van der Waals surface area contributed by atoms with E-state index >= 15 is 0 Å². The van der Waals surface area contributed by atoms with Crippen molar-refractivity contribution < 1.29 is 22.4 Å². The summed E-state index contributed by atoms with van der Waals surface area (Å²) in [6.07, 6.45) is 0. The summed E-state index contributed by atoms with van der Waals surface area (Å²) in [6.45, 7) is 2.86. The summed E-state index contributed by atoms with van der Waals surface area (Å²) < 4.78 is 42.0. The van der Waals surface area contributed by atoms with E-state index in [2.05, 4.69) is 5.32 Å². The number of anilines is 1. The second kappa shape index (κ2) is 10.6. The predicted octanol–water partition coefficient (Wildman–Crippen LogP) is 1.91. The van der Waals surface area contributed by atoms with Gasteiger partial charge in [-0.2, -0.15) is 12.7 Å². The molecule has 174 valence electrons. The number of rotatable bonds is 9. The van der Waals surface area contributed by atoms with Gasteiger partial charge in [0.2, 0.25) is 11.8 Å². The second-order valence-electron chi connectivity index (χ2n) is 7.49. The number of nitrogens with one attached hydrogen (secondary N) is 1. The molecule has 0 spiro atoms. The molecule has 2 aromatic carbocycles. The lowest BCUT2D eigenvalue weighted by atomic mass is 10.1. The van der Waals surface area contributed by atoms with Gasteiger partial charge in [0.15, 0.2) is 0 Å². The van der Waals surface area contributed by atoms with Crippen molar-refractivity contribution in [2.45, 2.75) is 26.4 Å². The predicted molar refractivity (Wildman–Crippen MR) is 122 cm³/mol. The summed E-state index contributed by atoms with van der Waals surface area (Å²) in [6, 6.07) is 11.8. The number of nitrogens with zero attached hydrogens (tertiary/aromatic N) is 3. The molecule has 0 radical (unpaired) electrons. The van der Waals surface area contributed by atoms with Crippen LogP contribution in [0.3, 0.4) is 0 Å². The Bertz CT molecular complexity index is 1080. The Kier molecular flexibility index (Phi) is 8.34. The Hall–Kier alpha value is -2.98. The quantitative estimate of drug-likeness (QED) is 0.614. The van der Waals surface area contributed by atoms with Gasteiger partial charge in [0.05, 0.1) is 5.69 Å². The highest BCUT2D eigenvalue weighted by Gasteiger charge is 2.33. The van der Waals surface area contributed by atoms with Crippen LogP contribution < -0.4 is 9.62 Å². The maximum absolute atomic E-state index is 14.5. The number of carbonyl (C=O) groups is 2. The summed E-state index contributed by atoms with van der Waals surface area (Å²) >= 11 is 0. The SMILES string of the molecule is CNC(=O)[C@H](C)N(Cc1ccccc1C)C(=O)CN(c1ccccc1F)S(=O)(=O)N(C)C. The van der Waals surface area contributed by atoms with Crippen molar-refractivity contribution in [1.82, 2.24) is 14.5 Å². The van der Waals surface area contributed by atoms with Gasteiger partial charge in [0.25, 0.3) is 0 Å². The fourth-order valence-corrected chi connectivity index (χ4v) is 4.18. The average Bonchev–Trinajstić information content (AvgIpc) is 2.76. The third-order valence-corrected chi connectivity index (χ3v) is 6.96.